The Labute approximate surface area is 164 Å². The molecule has 0 radical (unpaired) electrons. The van der Waals surface area contributed by atoms with Gasteiger partial charge in [-0.15, -0.1) is 10.2 Å². The molecule has 0 bridgehead atoms. The van der Waals surface area contributed by atoms with E-state index < -0.39 is 0 Å². The van der Waals surface area contributed by atoms with Gasteiger partial charge in [0, 0.05) is 38.5 Å². The van der Waals surface area contributed by atoms with Crippen molar-refractivity contribution in [2.75, 3.05) is 56.3 Å². The van der Waals surface area contributed by atoms with Crippen LogP contribution in [-0.2, 0) is 22.4 Å². The average Bonchev–Trinajstić information content (AvgIpc) is 3.44. The van der Waals surface area contributed by atoms with Gasteiger partial charge in [-0.2, -0.15) is 9.78 Å². The summed E-state index contributed by atoms with van der Waals surface area (Å²) in [5.74, 6) is 2.40. The Kier molecular flexibility index (Phi) is 5.96. The van der Waals surface area contributed by atoms with E-state index in [0.29, 0.717) is 32.1 Å². The fourth-order valence-electron chi connectivity index (χ4n) is 3.54. The van der Waals surface area contributed by atoms with Gasteiger partial charge < -0.3 is 19.3 Å². The highest BCUT2D eigenvalue weighted by atomic mass is 16.5. The zero-order valence-electron chi connectivity index (χ0n) is 16.6. The quantitative estimate of drug-likeness (QED) is 0.684. The van der Waals surface area contributed by atoms with Gasteiger partial charge in [0.1, 0.15) is 11.9 Å². The summed E-state index contributed by atoms with van der Waals surface area (Å²) in [6.07, 6.45) is 3.08. The monoisotopic (exact) mass is 388 g/mol. The SMILES string of the molecule is CCc1cc(N2CCOC(c3nnn(CCOC)n3)C2)nc(N2CCCC2)n1. The summed E-state index contributed by atoms with van der Waals surface area (Å²) in [5.41, 5.74) is 1.07. The van der Waals surface area contributed by atoms with Crippen molar-refractivity contribution in [3.05, 3.63) is 17.6 Å². The van der Waals surface area contributed by atoms with E-state index >= 15 is 0 Å². The molecule has 0 aromatic carbocycles. The topological polar surface area (TPSA) is 94.3 Å². The molecule has 2 aromatic heterocycles. The Balaban J connectivity index is 1.50. The van der Waals surface area contributed by atoms with Gasteiger partial charge in [0.05, 0.1) is 26.3 Å². The van der Waals surface area contributed by atoms with E-state index in [1.807, 2.05) is 0 Å². The second-order valence-electron chi connectivity index (χ2n) is 7.11. The number of rotatable bonds is 7. The number of methoxy groups -OCH3 is 1. The molecule has 0 amide bonds. The van der Waals surface area contributed by atoms with E-state index in [4.69, 9.17) is 19.4 Å². The lowest BCUT2D eigenvalue weighted by Gasteiger charge is -2.33. The second kappa shape index (κ2) is 8.78. The minimum Gasteiger partial charge on any atom is -0.383 e. The molecule has 2 aromatic rings. The van der Waals surface area contributed by atoms with Crippen LogP contribution < -0.4 is 9.80 Å². The third-order valence-electron chi connectivity index (χ3n) is 5.15. The highest BCUT2D eigenvalue weighted by molar-refractivity contribution is 5.47. The molecular weight excluding hydrogens is 360 g/mol. The summed E-state index contributed by atoms with van der Waals surface area (Å²) in [7, 11) is 1.66. The highest BCUT2D eigenvalue weighted by Gasteiger charge is 2.28. The zero-order valence-corrected chi connectivity index (χ0v) is 16.6. The first-order valence-corrected chi connectivity index (χ1v) is 10.0. The summed E-state index contributed by atoms with van der Waals surface area (Å²) in [5, 5.41) is 12.7. The van der Waals surface area contributed by atoms with Crippen LogP contribution >= 0.6 is 0 Å². The zero-order chi connectivity index (χ0) is 19.3. The van der Waals surface area contributed by atoms with Gasteiger partial charge >= 0.3 is 0 Å². The molecule has 10 nitrogen and oxygen atoms in total. The molecule has 0 aliphatic carbocycles. The molecule has 1 unspecified atom stereocenters. The minimum atomic E-state index is -0.222. The lowest BCUT2D eigenvalue weighted by atomic mass is 10.2. The van der Waals surface area contributed by atoms with Crippen molar-refractivity contribution in [3.8, 4) is 0 Å². The molecule has 2 aliphatic rings. The summed E-state index contributed by atoms with van der Waals surface area (Å²) < 4.78 is 11.0. The molecule has 0 spiro atoms. The third-order valence-corrected chi connectivity index (χ3v) is 5.15. The number of aromatic nitrogens is 6. The van der Waals surface area contributed by atoms with E-state index in [1.54, 1.807) is 11.9 Å². The maximum absolute atomic E-state index is 5.92. The first-order chi connectivity index (χ1) is 13.8. The first kappa shape index (κ1) is 19.0. The van der Waals surface area contributed by atoms with Crippen molar-refractivity contribution < 1.29 is 9.47 Å². The van der Waals surface area contributed by atoms with Gasteiger partial charge in [-0.1, -0.05) is 6.92 Å². The Morgan fingerprint density at radius 3 is 2.82 bits per heavy atom. The van der Waals surface area contributed by atoms with Crippen molar-refractivity contribution in [1.82, 2.24) is 30.2 Å². The van der Waals surface area contributed by atoms with E-state index in [2.05, 4.69) is 38.2 Å². The van der Waals surface area contributed by atoms with Gasteiger partial charge in [0.15, 0.2) is 0 Å². The predicted molar refractivity (Wildman–Crippen MR) is 103 cm³/mol. The summed E-state index contributed by atoms with van der Waals surface area (Å²) in [6.45, 7) is 7.35. The fourth-order valence-corrected chi connectivity index (χ4v) is 3.54. The molecule has 1 atom stereocenters. The van der Waals surface area contributed by atoms with Gasteiger partial charge in [-0.3, -0.25) is 0 Å². The lowest BCUT2D eigenvalue weighted by molar-refractivity contribution is 0.0334. The number of tetrazole rings is 1. The number of anilines is 2. The van der Waals surface area contributed by atoms with E-state index in [1.165, 1.54) is 12.8 Å². The maximum Gasteiger partial charge on any atom is 0.227 e. The summed E-state index contributed by atoms with van der Waals surface area (Å²) in [6, 6.07) is 2.09. The van der Waals surface area contributed by atoms with Gasteiger partial charge in [0.2, 0.25) is 11.8 Å². The van der Waals surface area contributed by atoms with Crippen LogP contribution in [0.4, 0.5) is 11.8 Å². The van der Waals surface area contributed by atoms with E-state index in [-0.39, 0.29) is 6.10 Å². The van der Waals surface area contributed by atoms with Gasteiger partial charge in [-0.25, -0.2) is 4.98 Å². The van der Waals surface area contributed by atoms with Gasteiger partial charge in [0.25, 0.3) is 0 Å². The van der Waals surface area contributed by atoms with Crippen LogP contribution in [0.1, 0.15) is 37.4 Å². The highest BCUT2D eigenvalue weighted by Crippen LogP contribution is 2.26. The lowest BCUT2D eigenvalue weighted by Crippen LogP contribution is -2.39. The first-order valence-electron chi connectivity index (χ1n) is 10.0. The Hall–Kier alpha value is -2.33. The number of hydrogen-bond acceptors (Lipinski definition) is 9. The molecule has 28 heavy (non-hydrogen) atoms. The van der Waals surface area contributed by atoms with Crippen molar-refractivity contribution in [1.29, 1.82) is 0 Å². The molecule has 152 valence electrons. The maximum atomic E-state index is 5.92. The van der Waals surface area contributed by atoms with Crippen LogP contribution in [-0.4, -0.2) is 76.7 Å². The van der Waals surface area contributed by atoms with Gasteiger partial charge in [-0.05, 0) is 24.5 Å². The van der Waals surface area contributed by atoms with E-state index in [9.17, 15) is 0 Å². The second-order valence-corrected chi connectivity index (χ2v) is 7.11. The Morgan fingerprint density at radius 2 is 2.04 bits per heavy atom. The summed E-state index contributed by atoms with van der Waals surface area (Å²) >= 11 is 0. The molecule has 2 aliphatic heterocycles. The molecule has 0 N–H and O–H groups in total. The largest absolute Gasteiger partial charge is 0.383 e. The summed E-state index contributed by atoms with van der Waals surface area (Å²) in [4.78, 5) is 15.7. The number of nitrogens with zero attached hydrogens (tertiary/aromatic N) is 8. The molecule has 4 heterocycles. The number of ether oxygens (including phenoxy) is 2. The number of aryl methyl sites for hydroxylation is 1. The van der Waals surface area contributed by atoms with Crippen LogP contribution in [0.2, 0.25) is 0 Å². The van der Waals surface area contributed by atoms with Crippen LogP contribution in [0.3, 0.4) is 0 Å². The van der Waals surface area contributed by atoms with Crippen LogP contribution in [0.15, 0.2) is 6.07 Å². The smallest absolute Gasteiger partial charge is 0.227 e. The molecule has 0 saturated carbocycles. The van der Waals surface area contributed by atoms with Crippen molar-refractivity contribution in [2.24, 2.45) is 0 Å². The fraction of sp³-hybridized carbons (Fsp3) is 0.722. The van der Waals surface area contributed by atoms with Crippen LogP contribution in [0.5, 0.6) is 0 Å². The van der Waals surface area contributed by atoms with Crippen LogP contribution in [0.25, 0.3) is 0 Å². The molecule has 10 heteroatoms. The third kappa shape index (κ3) is 4.22. The molecule has 4 rings (SSSR count). The molecule has 2 fully saturated rings. The van der Waals surface area contributed by atoms with Crippen LogP contribution in [0, 0.1) is 0 Å². The molecular formula is C18H28N8O2. The van der Waals surface area contributed by atoms with Crippen molar-refractivity contribution in [3.63, 3.8) is 0 Å². The average molecular weight is 388 g/mol. The Bertz CT molecular complexity index is 777. The molecule has 2 saturated heterocycles. The predicted octanol–water partition coefficient (Wildman–Crippen LogP) is 0.850. The Morgan fingerprint density at radius 1 is 1.18 bits per heavy atom. The number of hydrogen-bond donors (Lipinski definition) is 0. The standard InChI is InChI=1S/C18H28N8O2/c1-3-14-12-16(20-18(19-14)24-6-4-5-7-24)25-8-11-28-15(13-25)17-21-23-26(22-17)9-10-27-2/h12,15H,3-11,13H2,1-2H3. The van der Waals surface area contributed by atoms with Crippen molar-refractivity contribution in [2.45, 2.75) is 38.8 Å². The minimum absolute atomic E-state index is 0.222. The number of morpholine rings is 1. The van der Waals surface area contributed by atoms with Crippen molar-refractivity contribution >= 4 is 11.8 Å². The van der Waals surface area contributed by atoms with E-state index in [0.717, 1.165) is 43.5 Å². The normalized spacial score (nSPS) is 20.1.